The number of carboxylic acids is 1. The number of aromatic nitrogens is 2. The summed E-state index contributed by atoms with van der Waals surface area (Å²) in [6.45, 7) is 0. The Morgan fingerprint density at radius 2 is 2.11 bits per heavy atom. The standard InChI is InChI=1S/C13H14N2O2S/c16-13(17)12(9-11-5-2-1-3-6-11)18-10-15-8-4-7-14-15/h1-8,12H,9-10H2,(H,16,17). The largest absolute Gasteiger partial charge is 0.480 e. The Balaban J connectivity index is 1.94. The van der Waals surface area contributed by atoms with Gasteiger partial charge in [0, 0.05) is 12.4 Å². The quantitative estimate of drug-likeness (QED) is 0.867. The van der Waals surface area contributed by atoms with E-state index < -0.39 is 11.2 Å². The Kier molecular flexibility index (Phi) is 4.41. The van der Waals surface area contributed by atoms with Crippen molar-refractivity contribution in [3.8, 4) is 0 Å². The molecule has 0 fully saturated rings. The second-order valence-electron chi connectivity index (χ2n) is 3.86. The van der Waals surface area contributed by atoms with E-state index in [2.05, 4.69) is 5.10 Å². The normalized spacial score (nSPS) is 12.2. The van der Waals surface area contributed by atoms with Crippen molar-refractivity contribution < 1.29 is 9.90 Å². The smallest absolute Gasteiger partial charge is 0.317 e. The SMILES string of the molecule is O=C(O)C(Cc1ccccc1)SCn1cccn1. The molecule has 1 aromatic carbocycles. The summed E-state index contributed by atoms with van der Waals surface area (Å²) in [7, 11) is 0. The highest BCUT2D eigenvalue weighted by atomic mass is 32.2. The van der Waals surface area contributed by atoms with Crippen LogP contribution in [0.2, 0.25) is 0 Å². The maximum atomic E-state index is 11.2. The summed E-state index contributed by atoms with van der Waals surface area (Å²) >= 11 is 1.38. The Morgan fingerprint density at radius 3 is 2.72 bits per heavy atom. The summed E-state index contributed by atoms with van der Waals surface area (Å²) in [5, 5.41) is 12.8. The predicted molar refractivity (Wildman–Crippen MR) is 71.4 cm³/mol. The molecule has 0 spiro atoms. The van der Waals surface area contributed by atoms with E-state index in [1.165, 1.54) is 11.8 Å². The zero-order valence-electron chi connectivity index (χ0n) is 9.77. The van der Waals surface area contributed by atoms with Crippen LogP contribution in [0, 0.1) is 0 Å². The summed E-state index contributed by atoms with van der Waals surface area (Å²) in [6, 6.07) is 11.5. The van der Waals surface area contributed by atoms with Crippen molar-refractivity contribution in [3.05, 3.63) is 54.4 Å². The van der Waals surface area contributed by atoms with Crippen LogP contribution in [0.25, 0.3) is 0 Å². The molecule has 1 heterocycles. The number of nitrogens with zero attached hydrogens (tertiary/aromatic N) is 2. The molecule has 5 heteroatoms. The lowest BCUT2D eigenvalue weighted by Gasteiger charge is -2.12. The monoisotopic (exact) mass is 262 g/mol. The second kappa shape index (κ2) is 6.26. The van der Waals surface area contributed by atoms with Crippen molar-refractivity contribution >= 4 is 17.7 Å². The summed E-state index contributed by atoms with van der Waals surface area (Å²) in [6.07, 6.45) is 4.05. The van der Waals surface area contributed by atoms with E-state index in [1.807, 2.05) is 42.6 Å². The van der Waals surface area contributed by atoms with Gasteiger partial charge in [0.05, 0.1) is 5.88 Å². The van der Waals surface area contributed by atoms with Crippen molar-refractivity contribution in [1.82, 2.24) is 9.78 Å². The Hall–Kier alpha value is -1.75. The van der Waals surface area contributed by atoms with Crippen molar-refractivity contribution in [1.29, 1.82) is 0 Å². The molecule has 4 nitrogen and oxygen atoms in total. The minimum Gasteiger partial charge on any atom is -0.480 e. The first-order chi connectivity index (χ1) is 8.75. The Morgan fingerprint density at radius 1 is 1.33 bits per heavy atom. The van der Waals surface area contributed by atoms with Gasteiger partial charge >= 0.3 is 5.97 Å². The molecule has 0 aliphatic rings. The second-order valence-corrected chi connectivity index (χ2v) is 5.02. The van der Waals surface area contributed by atoms with Gasteiger partial charge < -0.3 is 5.11 Å². The van der Waals surface area contributed by atoms with E-state index in [0.717, 1.165) is 5.56 Å². The number of carbonyl (C=O) groups is 1. The van der Waals surface area contributed by atoms with E-state index in [9.17, 15) is 9.90 Å². The van der Waals surface area contributed by atoms with Gasteiger partial charge in [0.1, 0.15) is 5.25 Å². The van der Waals surface area contributed by atoms with Crippen LogP contribution in [0.3, 0.4) is 0 Å². The van der Waals surface area contributed by atoms with Crippen molar-refractivity contribution in [3.63, 3.8) is 0 Å². The van der Waals surface area contributed by atoms with Gasteiger partial charge in [0.2, 0.25) is 0 Å². The molecule has 0 aliphatic heterocycles. The van der Waals surface area contributed by atoms with Crippen LogP contribution in [0.4, 0.5) is 0 Å². The molecular weight excluding hydrogens is 248 g/mol. The first kappa shape index (κ1) is 12.7. The van der Waals surface area contributed by atoms with E-state index in [1.54, 1.807) is 10.9 Å². The third kappa shape index (κ3) is 3.63. The first-order valence-electron chi connectivity index (χ1n) is 5.61. The molecule has 0 saturated carbocycles. The first-order valence-corrected chi connectivity index (χ1v) is 6.66. The average Bonchev–Trinajstić information content (AvgIpc) is 2.88. The lowest BCUT2D eigenvalue weighted by Crippen LogP contribution is -2.20. The fourth-order valence-corrected chi connectivity index (χ4v) is 2.53. The van der Waals surface area contributed by atoms with Crippen molar-refractivity contribution in [2.75, 3.05) is 0 Å². The number of hydrogen-bond acceptors (Lipinski definition) is 3. The van der Waals surface area contributed by atoms with E-state index in [4.69, 9.17) is 0 Å². The molecule has 0 saturated heterocycles. The highest BCUT2D eigenvalue weighted by Gasteiger charge is 2.18. The Bertz CT molecular complexity index is 485. The van der Waals surface area contributed by atoms with Gasteiger partial charge in [-0.1, -0.05) is 30.3 Å². The maximum absolute atomic E-state index is 11.2. The fraction of sp³-hybridized carbons (Fsp3) is 0.231. The number of thioether (sulfide) groups is 1. The van der Waals surface area contributed by atoms with E-state index >= 15 is 0 Å². The maximum Gasteiger partial charge on any atom is 0.317 e. The lowest BCUT2D eigenvalue weighted by atomic mass is 10.1. The molecule has 0 amide bonds. The summed E-state index contributed by atoms with van der Waals surface area (Å²) in [5.74, 6) is -0.229. The van der Waals surface area contributed by atoms with Gasteiger partial charge in [-0.05, 0) is 18.1 Å². The molecule has 18 heavy (non-hydrogen) atoms. The van der Waals surface area contributed by atoms with Gasteiger partial charge in [-0.25, -0.2) is 0 Å². The third-order valence-electron chi connectivity index (χ3n) is 2.51. The average molecular weight is 262 g/mol. The number of benzene rings is 1. The highest BCUT2D eigenvalue weighted by molar-refractivity contribution is 7.99. The number of aliphatic carboxylic acids is 1. The molecule has 1 N–H and O–H groups in total. The van der Waals surface area contributed by atoms with Gasteiger partial charge in [0.25, 0.3) is 0 Å². The minimum atomic E-state index is -0.781. The van der Waals surface area contributed by atoms with Crippen LogP contribution < -0.4 is 0 Å². The number of carboxylic acid groups (broad SMARTS) is 1. The molecule has 1 unspecified atom stereocenters. The van der Waals surface area contributed by atoms with Gasteiger partial charge in [-0.15, -0.1) is 11.8 Å². The van der Waals surface area contributed by atoms with Crippen LogP contribution in [-0.2, 0) is 17.1 Å². The fourth-order valence-electron chi connectivity index (χ4n) is 1.59. The lowest BCUT2D eigenvalue weighted by molar-refractivity contribution is -0.136. The molecule has 0 radical (unpaired) electrons. The van der Waals surface area contributed by atoms with E-state index in [0.29, 0.717) is 12.3 Å². The minimum absolute atomic E-state index is 0.448. The predicted octanol–water partition coefficient (Wildman–Crippen LogP) is 2.27. The van der Waals surface area contributed by atoms with Crippen LogP contribution >= 0.6 is 11.8 Å². The highest BCUT2D eigenvalue weighted by Crippen LogP contribution is 2.18. The van der Waals surface area contributed by atoms with Gasteiger partial charge in [-0.2, -0.15) is 5.10 Å². The molecule has 0 bridgehead atoms. The van der Waals surface area contributed by atoms with Crippen LogP contribution in [0.5, 0.6) is 0 Å². The van der Waals surface area contributed by atoms with E-state index in [-0.39, 0.29) is 0 Å². The molecular formula is C13H14N2O2S. The van der Waals surface area contributed by atoms with Gasteiger partial charge in [-0.3, -0.25) is 9.48 Å². The molecule has 1 atom stereocenters. The third-order valence-corrected chi connectivity index (χ3v) is 3.69. The zero-order valence-corrected chi connectivity index (χ0v) is 10.6. The Labute approximate surface area is 110 Å². The van der Waals surface area contributed by atoms with Crippen LogP contribution in [-0.4, -0.2) is 26.1 Å². The molecule has 2 rings (SSSR count). The van der Waals surface area contributed by atoms with Crippen LogP contribution in [0.15, 0.2) is 48.8 Å². The number of rotatable bonds is 6. The topological polar surface area (TPSA) is 55.1 Å². The summed E-state index contributed by atoms with van der Waals surface area (Å²) in [5.41, 5.74) is 1.04. The van der Waals surface area contributed by atoms with Crippen molar-refractivity contribution in [2.45, 2.75) is 17.5 Å². The van der Waals surface area contributed by atoms with Crippen LogP contribution in [0.1, 0.15) is 5.56 Å². The molecule has 0 aliphatic carbocycles. The zero-order chi connectivity index (χ0) is 12.8. The molecule has 94 valence electrons. The number of hydrogen-bond donors (Lipinski definition) is 1. The van der Waals surface area contributed by atoms with Gasteiger partial charge in [0.15, 0.2) is 0 Å². The molecule has 2 aromatic rings. The summed E-state index contributed by atoms with van der Waals surface area (Å²) in [4.78, 5) is 11.2. The molecule has 1 aromatic heterocycles. The van der Waals surface area contributed by atoms with Crippen molar-refractivity contribution in [2.24, 2.45) is 0 Å². The summed E-state index contributed by atoms with van der Waals surface area (Å²) < 4.78 is 1.73.